The molecule has 0 saturated heterocycles. The van der Waals surface area contributed by atoms with E-state index in [2.05, 4.69) is 47.6 Å². The van der Waals surface area contributed by atoms with Gasteiger partial charge in [0.1, 0.15) is 4.83 Å². The molecule has 0 fully saturated rings. The molecule has 2 heteroatoms. The van der Waals surface area contributed by atoms with Crippen LogP contribution in [0.2, 0.25) is 0 Å². The minimum absolute atomic E-state index is 1.12. The van der Waals surface area contributed by atoms with E-state index in [1.54, 1.807) is 11.3 Å². The molecule has 0 unspecified atom stereocenters. The quantitative estimate of drug-likeness (QED) is 0.537. The molecule has 1 nitrogen and oxygen atoms in total. The summed E-state index contributed by atoms with van der Waals surface area (Å²) in [5, 5.41) is 5.95. The summed E-state index contributed by atoms with van der Waals surface area (Å²) in [6.07, 6.45) is 0. The van der Waals surface area contributed by atoms with Gasteiger partial charge in [-0.25, -0.2) is 4.98 Å². The minimum atomic E-state index is 1.12. The Kier molecular flexibility index (Phi) is 1.58. The number of hydrogen-bond acceptors (Lipinski definition) is 2. The molecule has 0 bridgehead atoms. The molecule has 0 aliphatic rings. The van der Waals surface area contributed by atoms with Gasteiger partial charge in [0.05, 0.1) is 0 Å². The fourth-order valence-corrected chi connectivity index (χ4v) is 2.67. The van der Waals surface area contributed by atoms with Crippen LogP contribution in [0, 0.1) is 6.92 Å². The monoisotopic (exact) mass is 199 g/mol. The minimum Gasteiger partial charge on any atom is -0.242 e. The van der Waals surface area contributed by atoms with Crippen LogP contribution < -0.4 is 0 Å². The van der Waals surface area contributed by atoms with Gasteiger partial charge in [0.15, 0.2) is 0 Å². The number of fused-ring (bicyclic) bond motifs is 3. The second kappa shape index (κ2) is 2.79. The molecule has 0 spiro atoms. The first-order valence-electron chi connectivity index (χ1n) is 4.59. The summed E-state index contributed by atoms with van der Waals surface area (Å²) < 4.78 is 0. The molecule has 0 aliphatic carbocycles. The molecule has 0 saturated carbocycles. The molecule has 2 heterocycles. The molecule has 68 valence electrons. The Bertz CT molecular complexity index is 610. The number of pyridine rings is 1. The Morgan fingerprint density at radius 3 is 2.64 bits per heavy atom. The largest absolute Gasteiger partial charge is 0.242 e. The maximum atomic E-state index is 4.58. The van der Waals surface area contributed by atoms with E-state index in [4.69, 9.17) is 0 Å². The molecule has 1 aromatic carbocycles. The Morgan fingerprint density at radius 2 is 1.79 bits per heavy atom. The number of rotatable bonds is 0. The van der Waals surface area contributed by atoms with Crippen LogP contribution in [0.1, 0.15) is 5.69 Å². The van der Waals surface area contributed by atoms with E-state index in [-0.39, 0.29) is 0 Å². The lowest BCUT2D eigenvalue weighted by atomic mass is 10.1. The van der Waals surface area contributed by atoms with Crippen molar-refractivity contribution in [3.8, 4) is 0 Å². The molecule has 0 radical (unpaired) electrons. The topological polar surface area (TPSA) is 12.9 Å². The number of nitrogens with zero attached hydrogens (tertiary/aromatic N) is 1. The molecular weight excluding hydrogens is 190 g/mol. The number of aromatic nitrogens is 1. The highest BCUT2D eigenvalue weighted by Crippen LogP contribution is 2.28. The molecular formula is C12H9NS. The Morgan fingerprint density at radius 1 is 1.00 bits per heavy atom. The normalized spacial score (nSPS) is 11.2. The predicted octanol–water partition coefficient (Wildman–Crippen LogP) is 3.76. The summed E-state index contributed by atoms with van der Waals surface area (Å²) in [6.45, 7) is 2.07. The Labute approximate surface area is 86.0 Å². The highest BCUT2D eigenvalue weighted by molar-refractivity contribution is 7.16. The predicted molar refractivity (Wildman–Crippen MR) is 61.9 cm³/mol. The highest BCUT2D eigenvalue weighted by atomic mass is 32.1. The van der Waals surface area contributed by atoms with Gasteiger partial charge < -0.3 is 0 Å². The fraction of sp³-hybridized carbons (Fsp3) is 0.0833. The summed E-state index contributed by atoms with van der Waals surface area (Å²) in [6, 6.07) is 10.6. The van der Waals surface area contributed by atoms with Crippen LogP contribution in [-0.2, 0) is 0 Å². The smallest absolute Gasteiger partial charge is 0.124 e. The molecule has 0 amide bonds. The zero-order chi connectivity index (χ0) is 9.54. The molecule has 0 N–H and O–H groups in total. The van der Waals surface area contributed by atoms with Crippen LogP contribution in [0.15, 0.2) is 35.7 Å². The first-order chi connectivity index (χ1) is 6.86. The van der Waals surface area contributed by atoms with E-state index < -0.39 is 0 Å². The van der Waals surface area contributed by atoms with Crippen molar-refractivity contribution in [1.82, 2.24) is 4.98 Å². The summed E-state index contributed by atoms with van der Waals surface area (Å²) in [5.74, 6) is 0. The van der Waals surface area contributed by atoms with E-state index in [9.17, 15) is 0 Å². The second-order valence-electron chi connectivity index (χ2n) is 3.38. The van der Waals surface area contributed by atoms with E-state index >= 15 is 0 Å². The molecule has 2 aromatic heterocycles. The van der Waals surface area contributed by atoms with Gasteiger partial charge in [-0.2, -0.15) is 0 Å². The Hall–Kier alpha value is -1.41. The van der Waals surface area contributed by atoms with Gasteiger partial charge in [0, 0.05) is 16.5 Å². The summed E-state index contributed by atoms with van der Waals surface area (Å²) >= 11 is 1.71. The van der Waals surface area contributed by atoms with Crippen LogP contribution in [-0.4, -0.2) is 4.98 Å². The third kappa shape index (κ3) is 0.976. The van der Waals surface area contributed by atoms with Gasteiger partial charge in [-0.05, 0) is 23.8 Å². The van der Waals surface area contributed by atoms with E-state index in [0.29, 0.717) is 0 Å². The second-order valence-corrected chi connectivity index (χ2v) is 4.28. The van der Waals surface area contributed by atoms with Gasteiger partial charge in [0.2, 0.25) is 0 Å². The number of thiophene rings is 1. The molecule has 14 heavy (non-hydrogen) atoms. The zero-order valence-electron chi connectivity index (χ0n) is 7.82. The van der Waals surface area contributed by atoms with Crippen molar-refractivity contribution < 1.29 is 0 Å². The maximum Gasteiger partial charge on any atom is 0.124 e. The van der Waals surface area contributed by atoms with Crippen molar-refractivity contribution in [1.29, 1.82) is 0 Å². The van der Waals surface area contributed by atoms with Crippen molar-refractivity contribution in [3.05, 3.63) is 41.4 Å². The number of hydrogen-bond donors (Lipinski definition) is 0. The first-order valence-corrected chi connectivity index (χ1v) is 5.47. The van der Waals surface area contributed by atoms with Gasteiger partial charge in [-0.15, -0.1) is 11.3 Å². The average molecular weight is 199 g/mol. The Balaban J connectivity index is 2.67. The lowest BCUT2D eigenvalue weighted by Crippen LogP contribution is -1.83. The van der Waals surface area contributed by atoms with Crippen LogP contribution >= 0.6 is 11.3 Å². The average Bonchev–Trinajstić information content (AvgIpc) is 2.66. The standard InChI is InChI=1S/C12H9NS/c1-8-9-4-2-3-5-10(9)11-6-7-14-12(11)13-8/h2-7H,1H3. The van der Waals surface area contributed by atoms with Crippen LogP contribution in [0.4, 0.5) is 0 Å². The summed E-state index contributed by atoms with van der Waals surface area (Å²) in [5.41, 5.74) is 1.12. The molecule has 0 aliphatic heterocycles. The number of benzene rings is 1. The van der Waals surface area contributed by atoms with Crippen molar-refractivity contribution in [3.63, 3.8) is 0 Å². The SMILES string of the molecule is Cc1nc2sccc2c2ccccc12. The molecule has 0 atom stereocenters. The first kappa shape index (κ1) is 7.94. The number of aryl methyl sites for hydroxylation is 1. The van der Waals surface area contributed by atoms with E-state index in [1.807, 2.05) is 0 Å². The summed E-state index contributed by atoms with van der Waals surface area (Å²) in [7, 11) is 0. The molecule has 3 aromatic rings. The fourth-order valence-electron chi connectivity index (χ4n) is 1.84. The van der Waals surface area contributed by atoms with Crippen LogP contribution in [0.3, 0.4) is 0 Å². The van der Waals surface area contributed by atoms with Gasteiger partial charge >= 0.3 is 0 Å². The van der Waals surface area contributed by atoms with Gasteiger partial charge in [-0.3, -0.25) is 0 Å². The zero-order valence-corrected chi connectivity index (χ0v) is 8.64. The highest BCUT2D eigenvalue weighted by Gasteiger charge is 2.04. The third-order valence-electron chi connectivity index (χ3n) is 2.52. The lowest BCUT2D eigenvalue weighted by Gasteiger charge is -2.01. The summed E-state index contributed by atoms with van der Waals surface area (Å²) in [4.78, 5) is 5.72. The lowest BCUT2D eigenvalue weighted by molar-refractivity contribution is 1.31. The van der Waals surface area contributed by atoms with Crippen molar-refractivity contribution in [2.45, 2.75) is 6.92 Å². The van der Waals surface area contributed by atoms with Gasteiger partial charge in [0.25, 0.3) is 0 Å². The van der Waals surface area contributed by atoms with Crippen molar-refractivity contribution in [2.75, 3.05) is 0 Å². The van der Waals surface area contributed by atoms with Crippen LogP contribution in [0.25, 0.3) is 21.0 Å². The van der Waals surface area contributed by atoms with E-state index in [0.717, 1.165) is 10.5 Å². The molecule has 3 rings (SSSR count). The third-order valence-corrected chi connectivity index (χ3v) is 3.33. The van der Waals surface area contributed by atoms with Crippen molar-refractivity contribution in [2.24, 2.45) is 0 Å². The van der Waals surface area contributed by atoms with E-state index in [1.165, 1.54) is 16.2 Å². The van der Waals surface area contributed by atoms with Gasteiger partial charge in [-0.1, -0.05) is 24.3 Å². The van der Waals surface area contributed by atoms with Crippen LogP contribution in [0.5, 0.6) is 0 Å². The maximum absolute atomic E-state index is 4.58. The van der Waals surface area contributed by atoms with Crippen molar-refractivity contribution >= 4 is 32.3 Å².